The maximum atomic E-state index is 11.7. The van der Waals surface area contributed by atoms with Gasteiger partial charge in [0.2, 0.25) is 0 Å². The number of fused-ring (bicyclic) bond motifs is 1. The van der Waals surface area contributed by atoms with E-state index in [2.05, 4.69) is 14.8 Å². The fourth-order valence-electron chi connectivity index (χ4n) is 1.64. The average molecular weight is 250 g/mol. The molecule has 7 nitrogen and oxygen atoms in total. The van der Waals surface area contributed by atoms with Gasteiger partial charge >= 0.3 is 5.97 Å². The molecule has 0 aromatic carbocycles. The normalized spacial score (nSPS) is 12.6. The Kier molecular flexibility index (Phi) is 3.42. The molecule has 1 atom stereocenters. The van der Waals surface area contributed by atoms with E-state index < -0.39 is 6.04 Å². The molecule has 2 aromatic heterocycles. The van der Waals surface area contributed by atoms with Gasteiger partial charge in [0.25, 0.3) is 5.56 Å². The molecular formula is C11H14N4O3. The van der Waals surface area contributed by atoms with E-state index in [-0.39, 0.29) is 17.9 Å². The van der Waals surface area contributed by atoms with Crippen molar-refractivity contribution in [3.05, 3.63) is 34.5 Å². The lowest BCUT2D eigenvalue weighted by molar-refractivity contribution is -0.140. The number of methoxy groups -OCH3 is 1. The predicted octanol–water partition coefficient (Wildman–Crippen LogP) is -0.0244. The maximum absolute atomic E-state index is 11.7. The third kappa shape index (κ3) is 2.40. The third-order valence-electron chi connectivity index (χ3n) is 2.66. The Morgan fingerprint density at radius 2 is 2.44 bits per heavy atom. The minimum atomic E-state index is -0.511. The summed E-state index contributed by atoms with van der Waals surface area (Å²) in [5, 5.41) is 4.18. The average Bonchev–Trinajstić information content (AvgIpc) is 2.84. The number of hydrogen-bond acceptors (Lipinski definition) is 5. The highest BCUT2D eigenvalue weighted by molar-refractivity contribution is 5.69. The summed E-state index contributed by atoms with van der Waals surface area (Å²) in [6.45, 7) is 0. The lowest BCUT2D eigenvalue weighted by atomic mass is 10.1. The molecule has 7 heteroatoms. The van der Waals surface area contributed by atoms with Gasteiger partial charge in [0.15, 0.2) is 0 Å². The van der Waals surface area contributed by atoms with E-state index in [4.69, 9.17) is 5.73 Å². The quantitative estimate of drug-likeness (QED) is 0.742. The van der Waals surface area contributed by atoms with Crippen molar-refractivity contribution in [2.75, 3.05) is 7.11 Å². The zero-order valence-corrected chi connectivity index (χ0v) is 9.92. The van der Waals surface area contributed by atoms with Crippen LogP contribution in [-0.2, 0) is 9.53 Å². The van der Waals surface area contributed by atoms with E-state index >= 15 is 0 Å². The van der Waals surface area contributed by atoms with Gasteiger partial charge in [0.05, 0.1) is 13.2 Å². The van der Waals surface area contributed by atoms with Crippen molar-refractivity contribution in [3.8, 4) is 0 Å². The van der Waals surface area contributed by atoms with Crippen molar-refractivity contribution in [3.63, 3.8) is 0 Å². The van der Waals surface area contributed by atoms with E-state index in [9.17, 15) is 9.59 Å². The highest BCUT2D eigenvalue weighted by atomic mass is 16.5. The molecule has 0 aliphatic carbocycles. The second kappa shape index (κ2) is 5.01. The largest absolute Gasteiger partial charge is 0.469 e. The molecule has 3 N–H and O–H groups in total. The van der Waals surface area contributed by atoms with E-state index in [0.29, 0.717) is 17.8 Å². The van der Waals surface area contributed by atoms with Gasteiger partial charge in [-0.3, -0.25) is 9.59 Å². The standard InChI is InChI=1S/C11H14N4O3/c1-18-9(16)5-4-7(12)10-13-11(17)8-3-2-6-15(8)14-10/h2-3,6-7H,4-5,12H2,1H3,(H,13,14,17)/t7-/m0/s1. The van der Waals surface area contributed by atoms with Crippen molar-refractivity contribution in [2.45, 2.75) is 18.9 Å². The fourth-order valence-corrected chi connectivity index (χ4v) is 1.64. The number of nitrogens with one attached hydrogen (secondary N) is 1. The van der Waals surface area contributed by atoms with Crippen LogP contribution in [0, 0.1) is 0 Å². The second-order valence-electron chi connectivity index (χ2n) is 3.90. The van der Waals surface area contributed by atoms with E-state index in [0.717, 1.165) is 0 Å². The summed E-state index contributed by atoms with van der Waals surface area (Å²) in [7, 11) is 1.32. The summed E-state index contributed by atoms with van der Waals surface area (Å²) in [5.41, 5.74) is 6.08. The molecule has 2 rings (SSSR count). The van der Waals surface area contributed by atoms with Gasteiger partial charge in [-0.05, 0) is 18.6 Å². The smallest absolute Gasteiger partial charge is 0.305 e. The molecule has 96 valence electrons. The molecular weight excluding hydrogens is 236 g/mol. The highest BCUT2D eigenvalue weighted by Gasteiger charge is 2.13. The highest BCUT2D eigenvalue weighted by Crippen LogP contribution is 2.10. The fraction of sp³-hybridized carbons (Fsp3) is 0.364. The number of nitrogens with two attached hydrogens (primary N) is 1. The van der Waals surface area contributed by atoms with Crippen LogP contribution in [0.1, 0.15) is 24.7 Å². The van der Waals surface area contributed by atoms with Gasteiger partial charge in [-0.1, -0.05) is 0 Å². The summed E-state index contributed by atoms with van der Waals surface area (Å²) >= 11 is 0. The molecule has 0 amide bonds. The first kappa shape index (κ1) is 12.3. The summed E-state index contributed by atoms with van der Waals surface area (Å²) in [5.74, 6) is 0.0162. The topological polar surface area (TPSA) is 102 Å². The van der Waals surface area contributed by atoms with E-state index in [1.54, 1.807) is 18.3 Å². The number of rotatable bonds is 4. The monoisotopic (exact) mass is 250 g/mol. The first-order valence-electron chi connectivity index (χ1n) is 5.52. The molecule has 0 aliphatic rings. The van der Waals surface area contributed by atoms with Crippen molar-refractivity contribution in [2.24, 2.45) is 5.73 Å². The lowest BCUT2D eigenvalue weighted by Gasteiger charge is -2.09. The lowest BCUT2D eigenvalue weighted by Crippen LogP contribution is -2.22. The molecule has 0 saturated carbocycles. The van der Waals surface area contributed by atoms with Crippen LogP contribution in [0.15, 0.2) is 23.1 Å². The zero-order chi connectivity index (χ0) is 13.1. The number of hydrogen-bond donors (Lipinski definition) is 2. The van der Waals surface area contributed by atoms with Crippen molar-refractivity contribution < 1.29 is 9.53 Å². The van der Waals surface area contributed by atoms with Gasteiger partial charge in [0.1, 0.15) is 11.3 Å². The zero-order valence-electron chi connectivity index (χ0n) is 9.92. The van der Waals surface area contributed by atoms with Crippen LogP contribution in [0.4, 0.5) is 0 Å². The van der Waals surface area contributed by atoms with Gasteiger partial charge in [-0.2, -0.15) is 5.10 Å². The number of nitrogens with zero attached hydrogens (tertiary/aromatic N) is 2. The minimum absolute atomic E-state index is 0.186. The van der Waals surface area contributed by atoms with Gasteiger partial charge in [0, 0.05) is 12.6 Å². The Hall–Kier alpha value is -2.15. The first-order chi connectivity index (χ1) is 8.61. The minimum Gasteiger partial charge on any atom is -0.469 e. The first-order valence-corrected chi connectivity index (χ1v) is 5.52. The molecule has 0 spiro atoms. The molecule has 0 aliphatic heterocycles. The van der Waals surface area contributed by atoms with Crippen LogP contribution in [0.3, 0.4) is 0 Å². The Balaban J connectivity index is 2.19. The molecule has 0 unspecified atom stereocenters. The number of aromatic amines is 1. The van der Waals surface area contributed by atoms with Crippen molar-refractivity contribution in [1.29, 1.82) is 0 Å². The Labute approximate surface area is 103 Å². The summed E-state index contributed by atoms with van der Waals surface area (Å²) in [6, 6.07) is 2.88. The molecule has 2 heterocycles. The van der Waals surface area contributed by atoms with E-state index in [1.807, 2.05) is 0 Å². The van der Waals surface area contributed by atoms with Crippen LogP contribution >= 0.6 is 0 Å². The van der Waals surface area contributed by atoms with Crippen molar-refractivity contribution in [1.82, 2.24) is 14.6 Å². The van der Waals surface area contributed by atoms with Crippen LogP contribution < -0.4 is 11.3 Å². The number of esters is 1. The molecule has 18 heavy (non-hydrogen) atoms. The molecule has 2 aromatic rings. The number of ether oxygens (including phenoxy) is 1. The SMILES string of the molecule is COC(=O)CC[C@H](N)c1nn2cccc2c(=O)[nH]1. The summed E-state index contributed by atoms with van der Waals surface area (Å²) in [4.78, 5) is 25.3. The number of aromatic nitrogens is 3. The molecule has 0 bridgehead atoms. The van der Waals surface area contributed by atoms with E-state index in [1.165, 1.54) is 11.6 Å². The molecule has 0 radical (unpaired) electrons. The van der Waals surface area contributed by atoms with Crippen LogP contribution in [-0.4, -0.2) is 27.7 Å². The van der Waals surface area contributed by atoms with Gasteiger partial charge in [-0.15, -0.1) is 0 Å². The Morgan fingerprint density at radius 1 is 1.67 bits per heavy atom. The Bertz CT molecular complexity index is 616. The van der Waals surface area contributed by atoms with Crippen LogP contribution in [0.25, 0.3) is 5.52 Å². The number of H-pyrrole nitrogens is 1. The van der Waals surface area contributed by atoms with Gasteiger partial charge in [-0.25, -0.2) is 4.52 Å². The summed E-state index contributed by atoms with van der Waals surface area (Å²) < 4.78 is 5.99. The number of carbonyl (C=O) groups excluding carboxylic acids is 1. The van der Waals surface area contributed by atoms with Crippen LogP contribution in [0.5, 0.6) is 0 Å². The predicted molar refractivity (Wildman–Crippen MR) is 64.0 cm³/mol. The third-order valence-corrected chi connectivity index (χ3v) is 2.66. The maximum Gasteiger partial charge on any atom is 0.305 e. The number of carbonyl (C=O) groups is 1. The Morgan fingerprint density at radius 3 is 3.17 bits per heavy atom. The molecule has 0 saturated heterocycles. The summed E-state index contributed by atoms with van der Waals surface area (Å²) in [6.07, 6.45) is 2.22. The van der Waals surface area contributed by atoms with Crippen molar-refractivity contribution >= 4 is 11.5 Å². The second-order valence-corrected chi connectivity index (χ2v) is 3.90. The molecule has 0 fully saturated rings. The van der Waals surface area contributed by atoms with Crippen LogP contribution in [0.2, 0.25) is 0 Å². The van der Waals surface area contributed by atoms with Gasteiger partial charge < -0.3 is 15.5 Å².